The van der Waals surface area contributed by atoms with Crippen molar-refractivity contribution in [1.29, 1.82) is 0 Å². The van der Waals surface area contributed by atoms with Gasteiger partial charge in [0.05, 0.1) is 10.6 Å². The minimum absolute atomic E-state index is 0.0108. The molecule has 0 aliphatic rings. The van der Waals surface area contributed by atoms with Gasteiger partial charge in [0.1, 0.15) is 17.1 Å². The summed E-state index contributed by atoms with van der Waals surface area (Å²) in [5, 5.41) is 10.6. The van der Waals surface area contributed by atoms with Crippen LogP contribution in [0, 0.1) is 10.1 Å². The molecule has 0 atom stereocenters. The number of nitro groups is 1. The first kappa shape index (κ1) is 15.4. The van der Waals surface area contributed by atoms with Crippen molar-refractivity contribution >= 4 is 12.2 Å². The van der Waals surface area contributed by atoms with Gasteiger partial charge in [0.2, 0.25) is 0 Å². The van der Waals surface area contributed by atoms with Crippen LogP contribution < -0.4 is 4.74 Å². The fraction of sp³-hybridized carbons (Fsp3) is 0.200. The van der Waals surface area contributed by atoms with Crippen molar-refractivity contribution in [1.82, 2.24) is 4.98 Å². The van der Waals surface area contributed by atoms with Crippen LogP contribution in [0.3, 0.4) is 0 Å². The lowest BCUT2D eigenvalue weighted by Gasteiger charge is -2.22. The smallest absolute Gasteiger partial charge is 0.294 e. The Hall–Kier alpha value is -2.96. The van der Waals surface area contributed by atoms with Gasteiger partial charge < -0.3 is 9.47 Å². The molecular weight excluding hydrogens is 288 g/mol. The van der Waals surface area contributed by atoms with Crippen molar-refractivity contribution < 1.29 is 19.2 Å². The molecule has 0 amide bonds. The van der Waals surface area contributed by atoms with E-state index in [0.29, 0.717) is 23.7 Å². The summed E-state index contributed by atoms with van der Waals surface area (Å²) in [6, 6.07) is 9.01. The number of carbonyl (C=O) groups is 1. The molecule has 0 saturated heterocycles. The summed E-state index contributed by atoms with van der Waals surface area (Å²) >= 11 is 0. The molecule has 7 nitrogen and oxygen atoms in total. The van der Waals surface area contributed by atoms with Crippen molar-refractivity contribution in [3.05, 3.63) is 58.4 Å². The fourth-order valence-electron chi connectivity index (χ4n) is 1.76. The van der Waals surface area contributed by atoms with Gasteiger partial charge in [0.25, 0.3) is 12.2 Å². The molecule has 1 aromatic heterocycles. The van der Waals surface area contributed by atoms with Crippen LogP contribution in [0.25, 0.3) is 0 Å². The molecule has 0 bridgehead atoms. The Balaban J connectivity index is 2.20. The van der Waals surface area contributed by atoms with Crippen LogP contribution in [0.15, 0.2) is 42.6 Å². The van der Waals surface area contributed by atoms with Gasteiger partial charge in [0, 0.05) is 24.4 Å². The first-order chi connectivity index (χ1) is 10.4. The van der Waals surface area contributed by atoms with Gasteiger partial charge >= 0.3 is 0 Å². The minimum Gasteiger partial charge on any atom is -0.457 e. The highest BCUT2D eigenvalue weighted by atomic mass is 16.6. The van der Waals surface area contributed by atoms with Gasteiger partial charge in [-0.15, -0.1) is 0 Å². The number of nitrogens with zero attached hydrogens (tertiary/aromatic N) is 2. The van der Waals surface area contributed by atoms with Crippen LogP contribution in [-0.4, -0.2) is 16.4 Å². The third-order valence-corrected chi connectivity index (χ3v) is 2.97. The molecule has 0 aliphatic heterocycles. The van der Waals surface area contributed by atoms with E-state index in [4.69, 9.17) is 9.47 Å². The Bertz CT molecular complexity index is 683. The highest BCUT2D eigenvalue weighted by molar-refractivity contribution is 5.41. The number of pyridine rings is 1. The van der Waals surface area contributed by atoms with Crippen molar-refractivity contribution in [2.24, 2.45) is 0 Å². The Morgan fingerprint density at radius 3 is 2.45 bits per heavy atom. The quantitative estimate of drug-likeness (QED) is 0.462. The number of benzene rings is 1. The van der Waals surface area contributed by atoms with E-state index < -0.39 is 10.5 Å². The zero-order valence-corrected chi connectivity index (χ0v) is 12.1. The Morgan fingerprint density at radius 2 is 1.86 bits per heavy atom. The van der Waals surface area contributed by atoms with E-state index in [1.54, 1.807) is 26.0 Å². The Morgan fingerprint density at radius 1 is 1.18 bits per heavy atom. The summed E-state index contributed by atoms with van der Waals surface area (Å²) < 4.78 is 10.6. The van der Waals surface area contributed by atoms with Gasteiger partial charge in [-0.25, -0.2) is 0 Å². The van der Waals surface area contributed by atoms with E-state index >= 15 is 0 Å². The standard InChI is InChI=1S/C15H14N2O5/c1-15(2,21-10-18)14-9-13(7-8-16-14)22-12-5-3-11(4-6-12)17(19)20/h3-10H,1-2H3. The number of rotatable bonds is 6. The molecule has 0 fully saturated rings. The van der Waals surface area contributed by atoms with E-state index in [2.05, 4.69) is 4.98 Å². The summed E-state index contributed by atoms with van der Waals surface area (Å²) in [6.45, 7) is 3.78. The summed E-state index contributed by atoms with van der Waals surface area (Å²) in [5.41, 5.74) is -0.362. The summed E-state index contributed by atoms with van der Waals surface area (Å²) in [5.74, 6) is 0.943. The SMILES string of the molecule is CC(C)(OC=O)c1cc(Oc2ccc([N+](=O)[O-])cc2)ccn1. The molecule has 1 heterocycles. The largest absolute Gasteiger partial charge is 0.457 e. The van der Waals surface area contributed by atoms with Crippen LogP contribution in [0.2, 0.25) is 0 Å². The average Bonchev–Trinajstić information content (AvgIpc) is 2.48. The Labute approximate surface area is 126 Å². The van der Waals surface area contributed by atoms with Crippen molar-refractivity contribution in [3.63, 3.8) is 0 Å². The summed E-state index contributed by atoms with van der Waals surface area (Å²) in [6.07, 6.45) is 1.53. The third-order valence-electron chi connectivity index (χ3n) is 2.97. The van der Waals surface area contributed by atoms with Gasteiger partial charge in [0.15, 0.2) is 0 Å². The maximum atomic E-state index is 10.6. The van der Waals surface area contributed by atoms with Gasteiger partial charge in [-0.05, 0) is 32.0 Å². The zero-order chi connectivity index (χ0) is 16.2. The highest BCUT2D eigenvalue weighted by Crippen LogP contribution is 2.28. The molecule has 2 rings (SSSR count). The summed E-state index contributed by atoms with van der Waals surface area (Å²) in [4.78, 5) is 24.8. The van der Waals surface area contributed by atoms with Crippen LogP contribution >= 0.6 is 0 Å². The average molecular weight is 302 g/mol. The zero-order valence-electron chi connectivity index (χ0n) is 12.1. The van der Waals surface area contributed by atoms with E-state index in [9.17, 15) is 14.9 Å². The number of hydrogen-bond acceptors (Lipinski definition) is 6. The van der Waals surface area contributed by atoms with Crippen LogP contribution in [0.4, 0.5) is 5.69 Å². The van der Waals surface area contributed by atoms with Crippen molar-refractivity contribution in [3.8, 4) is 11.5 Å². The number of ether oxygens (including phenoxy) is 2. The molecule has 0 aliphatic carbocycles. The third kappa shape index (κ3) is 3.57. The molecule has 0 N–H and O–H groups in total. The first-order valence-corrected chi connectivity index (χ1v) is 6.43. The van der Waals surface area contributed by atoms with E-state index in [1.807, 2.05) is 0 Å². The van der Waals surface area contributed by atoms with Crippen LogP contribution in [0.1, 0.15) is 19.5 Å². The molecule has 114 valence electrons. The second kappa shape index (κ2) is 6.21. The summed E-state index contributed by atoms with van der Waals surface area (Å²) in [7, 11) is 0. The molecular formula is C15H14N2O5. The predicted octanol–water partition coefficient (Wildman–Crippen LogP) is 3.19. The molecule has 0 spiro atoms. The molecule has 1 aromatic carbocycles. The number of hydrogen-bond donors (Lipinski definition) is 0. The number of aromatic nitrogens is 1. The molecule has 22 heavy (non-hydrogen) atoms. The number of carbonyl (C=O) groups excluding carboxylic acids is 1. The monoisotopic (exact) mass is 302 g/mol. The highest BCUT2D eigenvalue weighted by Gasteiger charge is 2.24. The number of non-ortho nitro benzene ring substituents is 1. The second-order valence-corrected chi connectivity index (χ2v) is 4.95. The van der Waals surface area contributed by atoms with Gasteiger partial charge in [-0.1, -0.05) is 0 Å². The minimum atomic E-state index is -0.878. The van der Waals surface area contributed by atoms with E-state index in [0.717, 1.165) is 0 Å². The van der Waals surface area contributed by atoms with E-state index in [-0.39, 0.29) is 5.69 Å². The van der Waals surface area contributed by atoms with Crippen molar-refractivity contribution in [2.45, 2.75) is 19.4 Å². The van der Waals surface area contributed by atoms with E-state index in [1.165, 1.54) is 30.5 Å². The number of nitro benzene ring substituents is 1. The lowest BCUT2D eigenvalue weighted by atomic mass is 10.0. The molecule has 0 radical (unpaired) electrons. The van der Waals surface area contributed by atoms with Gasteiger partial charge in [-0.2, -0.15) is 0 Å². The lowest BCUT2D eigenvalue weighted by molar-refractivity contribution is -0.384. The topological polar surface area (TPSA) is 91.6 Å². The molecule has 0 saturated carbocycles. The predicted molar refractivity (Wildman–Crippen MR) is 77.6 cm³/mol. The molecule has 7 heteroatoms. The maximum absolute atomic E-state index is 10.6. The fourth-order valence-corrected chi connectivity index (χ4v) is 1.76. The van der Waals surface area contributed by atoms with Crippen molar-refractivity contribution in [2.75, 3.05) is 0 Å². The normalized spacial score (nSPS) is 10.8. The van der Waals surface area contributed by atoms with Gasteiger partial charge in [-0.3, -0.25) is 19.9 Å². The second-order valence-electron chi connectivity index (χ2n) is 4.95. The maximum Gasteiger partial charge on any atom is 0.294 e. The van der Waals surface area contributed by atoms with Crippen LogP contribution in [0.5, 0.6) is 11.5 Å². The first-order valence-electron chi connectivity index (χ1n) is 6.43. The lowest BCUT2D eigenvalue weighted by Crippen LogP contribution is -2.22. The molecule has 2 aromatic rings. The Kier molecular flexibility index (Phi) is 4.36. The molecule has 0 unspecified atom stereocenters. The van der Waals surface area contributed by atoms with Crippen LogP contribution in [-0.2, 0) is 15.1 Å².